The van der Waals surface area contributed by atoms with Gasteiger partial charge in [0.05, 0.1) is 12.6 Å². The van der Waals surface area contributed by atoms with E-state index in [1.165, 1.54) is 0 Å². The van der Waals surface area contributed by atoms with Crippen LogP contribution in [0.15, 0.2) is 48.5 Å². The minimum Gasteiger partial charge on any atom is -0.494 e. The summed E-state index contributed by atoms with van der Waals surface area (Å²) in [5.41, 5.74) is 7.34. The minimum absolute atomic E-state index is 0.120. The quantitative estimate of drug-likeness (QED) is 0.762. The molecular formula is C20H25N3O3. The number of hydrogen-bond acceptors (Lipinski definition) is 4. The Morgan fingerprint density at radius 2 is 1.73 bits per heavy atom. The molecular weight excluding hydrogens is 330 g/mol. The van der Waals surface area contributed by atoms with Gasteiger partial charge in [-0.2, -0.15) is 0 Å². The summed E-state index contributed by atoms with van der Waals surface area (Å²) in [5.74, 6) is 0.223. The second-order valence-corrected chi connectivity index (χ2v) is 6.10. The number of hydrogen-bond donors (Lipinski definition) is 2. The van der Waals surface area contributed by atoms with Gasteiger partial charge < -0.3 is 15.8 Å². The van der Waals surface area contributed by atoms with E-state index in [9.17, 15) is 9.59 Å². The molecule has 0 saturated heterocycles. The van der Waals surface area contributed by atoms with Crippen molar-refractivity contribution in [2.75, 3.05) is 19.0 Å². The molecule has 0 fully saturated rings. The Balaban J connectivity index is 1.92. The lowest BCUT2D eigenvalue weighted by molar-refractivity contribution is -0.120. The van der Waals surface area contributed by atoms with Crippen LogP contribution >= 0.6 is 0 Å². The lowest BCUT2D eigenvalue weighted by atomic mass is 10.1. The zero-order valence-electron chi connectivity index (χ0n) is 15.4. The van der Waals surface area contributed by atoms with E-state index in [0.29, 0.717) is 24.4 Å². The number of likely N-dealkylation sites (N-methyl/N-ethyl adjacent to an activating group) is 1. The van der Waals surface area contributed by atoms with E-state index in [1.807, 2.05) is 50.1 Å². The van der Waals surface area contributed by atoms with Crippen LogP contribution in [0.3, 0.4) is 0 Å². The third kappa shape index (κ3) is 5.32. The molecule has 6 heteroatoms. The Bertz CT molecular complexity index is 742. The standard InChI is InChI=1S/C20H25N3O3/c1-4-26-18-11-5-15(6-12-18)13-23(3)14(2)20(25)22-17-9-7-16(8-10-17)19(21)24/h5-12,14H,4,13H2,1-3H3,(H2,21,24)(H,22,25)/t14-/m1/s1. The SMILES string of the molecule is CCOc1ccc(CN(C)[C@H](C)C(=O)Nc2ccc(C(N)=O)cc2)cc1. The van der Waals surface area contributed by atoms with Crippen molar-refractivity contribution in [3.05, 3.63) is 59.7 Å². The van der Waals surface area contributed by atoms with E-state index < -0.39 is 5.91 Å². The number of nitrogens with zero attached hydrogens (tertiary/aromatic N) is 1. The first-order valence-electron chi connectivity index (χ1n) is 8.53. The molecule has 2 rings (SSSR count). The molecule has 2 amide bonds. The fraction of sp³-hybridized carbons (Fsp3) is 0.300. The summed E-state index contributed by atoms with van der Waals surface area (Å²) in [6, 6.07) is 14.0. The third-order valence-corrected chi connectivity index (χ3v) is 4.14. The molecule has 0 aliphatic heterocycles. The highest BCUT2D eigenvalue weighted by atomic mass is 16.5. The maximum atomic E-state index is 12.4. The van der Waals surface area contributed by atoms with E-state index in [4.69, 9.17) is 10.5 Å². The van der Waals surface area contributed by atoms with Gasteiger partial charge in [-0.05, 0) is 62.9 Å². The van der Waals surface area contributed by atoms with Gasteiger partial charge in [-0.15, -0.1) is 0 Å². The highest BCUT2D eigenvalue weighted by molar-refractivity contribution is 5.96. The lowest BCUT2D eigenvalue weighted by Gasteiger charge is -2.24. The number of amides is 2. The van der Waals surface area contributed by atoms with E-state index in [-0.39, 0.29) is 11.9 Å². The number of carbonyl (C=O) groups is 2. The molecule has 0 spiro atoms. The summed E-state index contributed by atoms with van der Waals surface area (Å²) in [7, 11) is 1.90. The van der Waals surface area contributed by atoms with E-state index in [0.717, 1.165) is 11.3 Å². The van der Waals surface area contributed by atoms with Gasteiger partial charge in [-0.3, -0.25) is 14.5 Å². The van der Waals surface area contributed by atoms with Gasteiger partial charge >= 0.3 is 0 Å². The molecule has 1 atom stereocenters. The molecule has 3 N–H and O–H groups in total. The number of primary amides is 1. The summed E-state index contributed by atoms with van der Waals surface area (Å²) >= 11 is 0. The topological polar surface area (TPSA) is 84.7 Å². The predicted molar refractivity (Wildman–Crippen MR) is 102 cm³/mol. The molecule has 0 aliphatic carbocycles. The van der Waals surface area contributed by atoms with E-state index in [2.05, 4.69) is 5.32 Å². The highest BCUT2D eigenvalue weighted by Crippen LogP contribution is 2.15. The zero-order valence-corrected chi connectivity index (χ0v) is 15.4. The normalized spacial score (nSPS) is 11.8. The Hall–Kier alpha value is -2.86. The van der Waals surface area contributed by atoms with Gasteiger partial charge in [0.2, 0.25) is 11.8 Å². The highest BCUT2D eigenvalue weighted by Gasteiger charge is 2.18. The summed E-state index contributed by atoms with van der Waals surface area (Å²) in [6.45, 7) is 5.07. The molecule has 0 heterocycles. The summed E-state index contributed by atoms with van der Waals surface area (Å²) in [4.78, 5) is 25.5. The molecule has 138 valence electrons. The van der Waals surface area contributed by atoms with Crippen LogP contribution in [-0.2, 0) is 11.3 Å². The average molecular weight is 355 g/mol. The number of nitrogens with one attached hydrogen (secondary N) is 1. The Morgan fingerprint density at radius 1 is 1.12 bits per heavy atom. The minimum atomic E-state index is -0.494. The number of benzene rings is 2. The molecule has 0 aromatic heterocycles. The number of nitrogens with two attached hydrogens (primary N) is 1. The molecule has 2 aromatic rings. The number of carbonyl (C=O) groups excluding carboxylic acids is 2. The van der Waals surface area contributed by atoms with Crippen molar-refractivity contribution < 1.29 is 14.3 Å². The van der Waals surface area contributed by atoms with Crippen molar-refractivity contribution in [2.24, 2.45) is 5.73 Å². The van der Waals surface area contributed by atoms with Gasteiger partial charge in [0.15, 0.2) is 0 Å². The number of anilines is 1. The molecule has 6 nitrogen and oxygen atoms in total. The first-order valence-corrected chi connectivity index (χ1v) is 8.53. The first kappa shape index (κ1) is 19.5. The van der Waals surface area contributed by atoms with Crippen LogP contribution in [0, 0.1) is 0 Å². The zero-order chi connectivity index (χ0) is 19.1. The Kier molecular flexibility index (Phi) is 6.74. The molecule has 0 bridgehead atoms. The van der Waals surface area contributed by atoms with Crippen LogP contribution in [0.1, 0.15) is 29.8 Å². The summed E-state index contributed by atoms with van der Waals surface area (Å²) < 4.78 is 5.43. The van der Waals surface area contributed by atoms with Crippen molar-refractivity contribution >= 4 is 17.5 Å². The van der Waals surface area contributed by atoms with Crippen molar-refractivity contribution in [2.45, 2.75) is 26.4 Å². The number of rotatable bonds is 8. The molecule has 2 aromatic carbocycles. The maximum absolute atomic E-state index is 12.4. The lowest BCUT2D eigenvalue weighted by Crippen LogP contribution is -2.39. The maximum Gasteiger partial charge on any atom is 0.248 e. The van der Waals surface area contributed by atoms with Gasteiger partial charge in [-0.1, -0.05) is 12.1 Å². The van der Waals surface area contributed by atoms with Crippen LogP contribution in [0.25, 0.3) is 0 Å². The van der Waals surface area contributed by atoms with Gasteiger partial charge in [0.25, 0.3) is 0 Å². The predicted octanol–water partition coefficient (Wildman–Crippen LogP) is 2.64. The average Bonchev–Trinajstić information content (AvgIpc) is 2.63. The number of ether oxygens (including phenoxy) is 1. The van der Waals surface area contributed by atoms with Crippen LogP contribution in [0.2, 0.25) is 0 Å². The monoisotopic (exact) mass is 355 g/mol. The fourth-order valence-electron chi connectivity index (χ4n) is 2.45. The molecule has 0 saturated carbocycles. The smallest absolute Gasteiger partial charge is 0.248 e. The molecule has 0 radical (unpaired) electrons. The van der Waals surface area contributed by atoms with E-state index in [1.54, 1.807) is 24.3 Å². The van der Waals surface area contributed by atoms with Crippen LogP contribution in [0.5, 0.6) is 5.75 Å². The second kappa shape index (κ2) is 9.01. The second-order valence-electron chi connectivity index (χ2n) is 6.10. The molecule has 26 heavy (non-hydrogen) atoms. The fourth-order valence-corrected chi connectivity index (χ4v) is 2.45. The molecule has 0 aliphatic rings. The Morgan fingerprint density at radius 3 is 2.27 bits per heavy atom. The first-order chi connectivity index (χ1) is 12.4. The summed E-state index contributed by atoms with van der Waals surface area (Å²) in [5, 5.41) is 2.85. The van der Waals surface area contributed by atoms with Crippen LogP contribution in [0.4, 0.5) is 5.69 Å². The van der Waals surface area contributed by atoms with Crippen molar-refractivity contribution in [3.8, 4) is 5.75 Å². The Labute approximate surface area is 153 Å². The van der Waals surface area contributed by atoms with Crippen LogP contribution in [-0.4, -0.2) is 36.4 Å². The largest absolute Gasteiger partial charge is 0.494 e. The molecule has 0 unspecified atom stereocenters. The van der Waals surface area contributed by atoms with Gasteiger partial charge in [0, 0.05) is 17.8 Å². The van der Waals surface area contributed by atoms with Gasteiger partial charge in [-0.25, -0.2) is 0 Å². The van der Waals surface area contributed by atoms with Crippen LogP contribution < -0.4 is 15.8 Å². The third-order valence-electron chi connectivity index (χ3n) is 4.14. The van der Waals surface area contributed by atoms with Gasteiger partial charge in [0.1, 0.15) is 5.75 Å². The summed E-state index contributed by atoms with van der Waals surface area (Å²) in [6.07, 6.45) is 0. The van der Waals surface area contributed by atoms with Crippen molar-refractivity contribution in [1.82, 2.24) is 4.90 Å². The van der Waals surface area contributed by atoms with Crippen molar-refractivity contribution in [1.29, 1.82) is 0 Å². The van der Waals surface area contributed by atoms with E-state index >= 15 is 0 Å². The van der Waals surface area contributed by atoms with Crippen molar-refractivity contribution in [3.63, 3.8) is 0 Å².